The highest BCUT2D eigenvalue weighted by molar-refractivity contribution is 6.63. The van der Waals surface area contributed by atoms with Gasteiger partial charge in [-0.2, -0.15) is 0 Å². The number of rotatable bonds is 2. The quantitative estimate of drug-likeness (QED) is 0.706. The van der Waals surface area contributed by atoms with Crippen molar-refractivity contribution in [2.75, 3.05) is 13.1 Å². The maximum absolute atomic E-state index is 13.0. The second kappa shape index (κ2) is 4.57. The lowest BCUT2D eigenvalue weighted by molar-refractivity contribution is -0.165. The zero-order chi connectivity index (χ0) is 16.4. The van der Waals surface area contributed by atoms with Gasteiger partial charge in [-0.05, 0) is 44.9 Å². The molecular weight excluding hydrogens is 294 g/mol. The molecule has 0 radical (unpaired) electrons. The van der Waals surface area contributed by atoms with Crippen molar-refractivity contribution < 1.29 is 22.5 Å². The van der Waals surface area contributed by atoms with Crippen LogP contribution in [0.1, 0.15) is 52.9 Å². The fraction of sp³-hybridized carbons (Fsp3) is 0.933. The predicted octanol–water partition coefficient (Wildman–Crippen LogP) is 4.41. The van der Waals surface area contributed by atoms with Crippen LogP contribution in [0, 0.1) is 11.3 Å². The molecule has 1 aliphatic heterocycles. The Balaban J connectivity index is 1.50. The van der Waals surface area contributed by atoms with Gasteiger partial charge in [0, 0.05) is 13.1 Å². The predicted molar refractivity (Wildman–Crippen MR) is 78.6 cm³/mol. The number of carbonyl (C=O) groups is 1. The number of nitrogens with zero attached hydrogens (tertiary/aromatic N) is 1. The fourth-order valence-electron chi connectivity index (χ4n) is 4.73. The van der Waals surface area contributed by atoms with Gasteiger partial charge < -0.3 is 22.6 Å². The summed E-state index contributed by atoms with van der Waals surface area (Å²) >= 11 is 0. The Kier molecular flexibility index (Phi) is 3.32. The number of piperidine rings is 1. The highest BCUT2D eigenvalue weighted by atomic mass is 19.4. The molecule has 0 aromatic carbocycles. The lowest BCUT2D eigenvalue weighted by Gasteiger charge is -2.78. The molecule has 1 heterocycles. The van der Waals surface area contributed by atoms with Crippen LogP contribution in [0.15, 0.2) is 0 Å². The summed E-state index contributed by atoms with van der Waals surface area (Å²) in [7, 11) is 0. The SMILES string of the molecule is CC(C)(C)OC(=O)N1CCC(C23CC([B-](F)(F)F)(C2)C3)CC1. The Labute approximate surface area is 129 Å². The fourth-order valence-corrected chi connectivity index (χ4v) is 4.73. The van der Waals surface area contributed by atoms with Crippen molar-refractivity contribution in [1.29, 1.82) is 0 Å². The van der Waals surface area contributed by atoms with Crippen LogP contribution in [0.25, 0.3) is 0 Å². The average molecular weight is 318 g/mol. The van der Waals surface area contributed by atoms with Crippen molar-refractivity contribution in [3.8, 4) is 0 Å². The molecule has 2 bridgehead atoms. The number of halogens is 3. The lowest BCUT2D eigenvalue weighted by Crippen LogP contribution is -2.68. The summed E-state index contributed by atoms with van der Waals surface area (Å²) in [5, 5.41) is -1.30. The molecule has 0 unspecified atom stereocenters. The molecule has 4 aliphatic rings. The van der Waals surface area contributed by atoms with E-state index >= 15 is 0 Å². The summed E-state index contributed by atoms with van der Waals surface area (Å²) < 4.78 is 44.3. The van der Waals surface area contributed by atoms with Crippen LogP contribution in [0.4, 0.5) is 17.7 Å². The number of likely N-dealkylation sites (tertiary alicyclic amines) is 1. The van der Waals surface area contributed by atoms with Gasteiger partial charge in [-0.3, -0.25) is 0 Å². The molecule has 0 spiro atoms. The molecule has 1 saturated heterocycles. The van der Waals surface area contributed by atoms with Crippen LogP contribution in [0.2, 0.25) is 5.31 Å². The monoisotopic (exact) mass is 318 g/mol. The van der Waals surface area contributed by atoms with E-state index in [9.17, 15) is 17.7 Å². The van der Waals surface area contributed by atoms with Gasteiger partial charge in [-0.25, -0.2) is 4.79 Å². The van der Waals surface area contributed by atoms with E-state index in [1.54, 1.807) is 4.90 Å². The van der Waals surface area contributed by atoms with Crippen molar-refractivity contribution in [3.63, 3.8) is 0 Å². The van der Waals surface area contributed by atoms with Gasteiger partial charge in [0.2, 0.25) is 0 Å². The Hall–Kier alpha value is -0.875. The molecule has 7 heteroatoms. The van der Waals surface area contributed by atoms with Crippen LogP contribution in [-0.4, -0.2) is 36.7 Å². The standard InChI is InChI=1S/C15H24BF3NO2/c1-13(2,3)22-12(21)20-6-4-11(5-7-20)14-8-15(9-14,10-14)16(17,18)19/h11H,4-10H2,1-3H3/q-1. The maximum Gasteiger partial charge on any atom is 0.484 e. The van der Waals surface area contributed by atoms with E-state index in [1.807, 2.05) is 20.8 Å². The van der Waals surface area contributed by atoms with E-state index in [1.165, 1.54) is 0 Å². The molecule has 22 heavy (non-hydrogen) atoms. The third kappa shape index (κ3) is 2.40. The zero-order valence-corrected chi connectivity index (χ0v) is 13.5. The van der Waals surface area contributed by atoms with Crippen molar-refractivity contribution >= 4 is 13.1 Å². The van der Waals surface area contributed by atoms with E-state index in [2.05, 4.69) is 0 Å². The van der Waals surface area contributed by atoms with Gasteiger partial charge in [-0.1, -0.05) is 24.6 Å². The zero-order valence-electron chi connectivity index (χ0n) is 13.5. The second-order valence-corrected chi connectivity index (χ2v) is 8.57. The molecule has 3 aliphatic carbocycles. The topological polar surface area (TPSA) is 29.5 Å². The van der Waals surface area contributed by atoms with Gasteiger partial charge in [0.05, 0.1) is 0 Å². The van der Waals surface area contributed by atoms with Crippen molar-refractivity contribution in [2.45, 2.75) is 63.8 Å². The summed E-state index contributed by atoms with van der Waals surface area (Å²) in [5.41, 5.74) is -0.583. The van der Waals surface area contributed by atoms with Gasteiger partial charge in [0.1, 0.15) is 5.60 Å². The molecule has 4 rings (SSSR count). The Bertz CT molecular complexity index is 458. The van der Waals surface area contributed by atoms with Crippen LogP contribution in [-0.2, 0) is 4.74 Å². The van der Waals surface area contributed by atoms with E-state index in [0.29, 0.717) is 38.3 Å². The minimum atomic E-state index is -4.69. The van der Waals surface area contributed by atoms with Crippen LogP contribution in [0.5, 0.6) is 0 Å². The first-order chi connectivity index (χ1) is 9.97. The van der Waals surface area contributed by atoms with Crippen molar-refractivity contribution in [3.05, 3.63) is 0 Å². The summed E-state index contributed by atoms with van der Waals surface area (Å²) in [5.74, 6) is 0.339. The Morgan fingerprint density at radius 1 is 1.14 bits per heavy atom. The van der Waals surface area contributed by atoms with Gasteiger partial charge in [0.25, 0.3) is 0 Å². The van der Waals surface area contributed by atoms with E-state index in [0.717, 1.165) is 12.8 Å². The number of carbonyl (C=O) groups excluding carboxylic acids is 1. The minimum absolute atomic E-state index is 0.0721. The molecule has 3 saturated carbocycles. The first-order valence-electron chi connectivity index (χ1n) is 8.14. The summed E-state index contributed by atoms with van der Waals surface area (Å²) in [4.78, 5) is 13.7. The molecule has 0 aromatic rings. The molecule has 0 atom stereocenters. The number of hydrogen-bond donors (Lipinski definition) is 0. The van der Waals surface area contributed by atoms with Gasteiger partial charge in [0.15, 0.2) is 0 Å². The number of hydrogen-bond acceptors (Lipinski definition) is 2. The molecular formula is C15H24BF3NO2-. The molecule has 4 fully saturated rings. The van der Waals surface area contributed by atoms with E-state index in [-0.39, 0.29) is 11.5 Å². The lowest BCUT2D eigenvalue weighted by atomic mass is 9.22. The first kappa shape index (κ1) is 16.0. The summed E-state index contributed by atoms with van der Waals surface area (Å²) in [6.45, 7) is 2.01. The Morgan fingerprint density at radius 2 is 1.64 bits per heavy atom. The normalized spacial score (nSPS) is 35.6. The smallest absolute Gasteiger partial charge is 0.449 e. The Morgan fingerprint density at radius 3 is 2.05 bits per heavy atom. The van der Waals surface area contributed by atoms with Crippen molar-refractivity contribution in [1.82, 2.24) is 4.90 Å². The van der Waals surface area contributed by atoms with Crippen LogP contribution < -0.4 is 0 Å². The largest absolute Gasteiger partial charge is 0.484 e. The second-order valence-electron chi connectivity index (χ2n) is 8.57. The molecule has 0 N–H and O–H groups in total. The third-order valence-electron chi connectivity index (χ3n) is 5.82. The van der Waals surface area contributed by atoms with E-state index < -0.39 is 17.9 Å². The number of ether oxygens (including phenoxy) is 1. The highest BCUT2D eigenvalue weighted by Gasteiger charge is 2.75. The van der Waals surface area contributed by atoms with Crippen molar-refractivity contribution in [2.24, 2.45) is 11.3 Å². The molecule has 0 aromatic heterocycles. The molecule has 126 valence electrons. The van der Waals surface area contributed by atoms with Crippen LogP contribution >= 0.6 is 0 Å². The van der Waals surface area contributed by atoms with Gasteiger partial charge in [-0.15, -0.1) is 0 Å². The van der Waals surface area contributed by atoms with Crippen LogP contribution in [0.3, 0.4) is 0 Å². The molecule has 3 nitrogen and oxygen atoms in total. The first-order valence-corrected chi connectivity index (χ1v) is 8.14. The minimum Gasteiger partial charge on any atom is -0.449 e. The summed E-state index contributed by atoms with van der Waals surface area (Å²) in [6.07, 6.45) is 2.31. The maximum atomic E-state index is 13.0. The van der Waals surface area contributed by atoms with E-state index in [4.69, 9.17) is 4.74 Å². The average Bonchev–Trinajstić information content (AvgIpc) is 2.21. The third-order valence-corrected chi connectivity index (χ3v) is 5.82. The molecule has 1 amide bonds. The summed E-state index contributed by atoms with van der Waals surface area (Å²) in [6, 6.07) is 0. The van der Waals surface area contributed by atoms with Gasteiger partial charge >= 0.3 is 13.1 Å². The number of amides is 1. The highest BCUT2D eigenvalue weighted by Crippen LogP contribution is 2.85.